The van der Waals surface area contributed by atoms with E-state index in [0.717, 1.165) is 19.4 Å². The van der Waals surface area contributed by atoms with Crippen molar-refractivity contribution in [1.82, 2.24) is 4.90 Å². The molecule has 1 fully saturated rings. The summed E-state index contributed by atoms with van der Waals surface area (Å²) in [6, 6.07) is 0. The van der Waals surface area contributed by atoms with E-state index in [1.54, 1.807) is 7.11 Å². The first-order chi connectivity index (χ1) is 8.20. The Bertz CT molecular complexity index is 225. The van der Waals surface area contributed by atoms with Gasteiger partial charge in [-0.1, -0.05) is 13.3 Å². The van der Waals surface area contributed by atoms with Gasteiger partial charge in [0, 0.05) is 26.1 Å². The number of ether oxygens (including phenoxy) is 1. The van der Waals surface area contributed by atoms with Crippen LogP contribution in [-0.2, 0) is 9.53 Å². The van der Waals surface area contributed by atoms with Gasteiger partial charge in [-0.25, -0.2) is 0 Å². The summed E-state index contributed by atoms with van der Waals surface area (Å²) in [5.41, 5.74) is 5.52. The lowest BCUT2D eigenvalue weighted by molar-refractivity contribution is -0.137. The van der Waals surface area contributed by atoms with E-state index in [0.29, 0.717) is 31.5 Å². The summed E-state index contributed by atoms with van der Waals surface area (Å²) in [7, 11) is 1.67. The quantitative estimate of drug-likeness (QED) is 0.731. The van der Waals surface area contributed by atoms with Crippen molar-refractivity contribution in [2.45, 2.75) is 32.6 Å². The van der Waals surface area contributed by atoms with Crippen LogP contribution in [0, 0.1) is 11.8 Å². The molecule has 0 heterocycles. The average Bonchev–Trinajstić information content (AvgIpc) is 2.75. The molecule has 0 aliphatic heterocycles. The molecule has 4 nitrogen and oxygen atoms in total. The summed E-state index contributed by atoms with van der Waals surface area (Å²) in [5.74, 6) is 1.07. The number of amides is 1. The normalized spacial score (nSPS) is 23.9. The minimum atomic E-state index is 0.227. The van der Waals surface area contributed by atoms with Gasteiger partial charge >= 0.3 is 0 Å². The number of hydrogen-bond donors (Lipinski definition) is 1. The highest BCUT2D eigenvalue weighted by atomic mass is 16.5. The first kappa shape index (κ1) is 14.5. The first-order valence-electron chi connectivity index (χ1n) is 6.68. The van der Waals surface area contributed by atoms with Crippen molar-refractivity contribution >= 4 is 5.91 Å². The standard InChI is InChI=1S/C13H26N2O2/c1-11-5-3-6-12(11)13(16)15(8-4-7-14)9-10-17-2/h11-12H,3-10,14H2,1-2H3. The molecule has 100 valence electrons. The molecule has 1 aliphatic rings. The molecular formula is C13H26N2O2. The Balaban J connectivity index is 2.51. The Labute approximate surface area is 104 Å². The highest BCUT2D eigenvalue weighted by Crippen LogP contribution is 2.32. The van der Waals surface area contributed by atoms with Gasteiger partial charge in [0.05, 0.1) is 6.61 Å². The van der Waals surface area contributed by atoms with Crippen LogP contribution in [-0.4, -0.2) is 44.2 Å². The predicted molar refractivity (Wildman–Crippen MR) is 68.6 cm³/mol. The summed E-state index contributed by atoms with van der Waals surface area (Å²) >= 11 is 0. The number of rotatable bonds is 7. The molecule has 0 radical (unpaired) electrons. The van der Waals surface area contributed by atoms with Crippen LogP contribution < -0.4 is 5.73 Å². The number of hydrogen-bond acceptors (Lipinski definition) is 3. The van der Waals surface area contributed by atoms with Gasteiger partial charge in [-0.05, 0) is 31.7 Å². The third-order valence-corrected chi connectivity index (χ3v) is 3.69. The number of carbonyl (C=O) groups excluding carboxylic acids is 1. The Morgan fingerprint density at radius 3 is 2.71 bits per heavy atom. The molecule has 2 atom stereocenters. The second-order valence-corrected chi connectivity index (χ2v) is 4.97. The van der Waals surface area contributed by atoms with E-state index in [-0.39, 0.29) is 5.92 Å². The van der Waals surface area contributed by atoms with Crippen LogP contribution in [0.15, 0.2) is 0 Å². The average molecular weight is 242 g/mol. The van der Waals surface area contributed by atoms with Crippen molar-refractivity contribution in [2.75, 3.05) is 33.4 Å². The maximum atomic E-state index is 12.4. The molecule has 1 rings (SSSR count). The van der Waals surface area contributed by atoms with Gasteiger partial charge in [0.15, 0.2) is 0 Å². The summed E-state index contributed by atoms with van der Waals surface area (Å²) < 4.78 is 5.07. The molecule has 1 amide bonds. The summed E-state index contributed by atoms with van der Waals surface area (Å²) in [6.07, 6.45) is 4.29. The van der Waals surface area contributed by atoms with E-state index in [1.165, 1.54) is 12.8 Å². The van der Waals surface area contributed by atoms with E-state index in [4.69, 9.17) is 10.5 Å². The van der Waals surface area contributed by atoms with Crippen molar-refractivity contribution < 1.29 is 9.53 Å². The maximum absolute atomic E-state index is 12.4. The molecule has 17 heavy (non-hydrogen) atoms. The molecule has 2 N–H and O–H groups in total. The second kappa shape index (κ2) is 7.67. The lowest BCUT2D eigenvalue weighted by Gasteiger charge is -2.27. The summed E-state index contributed by atoms with van der Waals surface area (Å²) in [6.45, 7) is 4.89. The maximum Gasteiger partial charge on any atom is 0.226 e. The van der Waals surface area contributed by atoms with Gasteiger partial charge in [0.25, 0.3) is 0 Å². The second-order valence-electron chi connectivity index (χ2n) is 4.97. The van der Waals surface area contributed by atoms with Crippen LogP contribution >= 0.6 is 0 Å². The molecule has 0 aromatic heterocycles. The highest BCUT2D eigenvalue weighted by Gasteiger charge is 2.32. The minimum absolute atomic E-state index is 0.227. The monoisotopic (exact) mass is 242 g/mol. The lowest BCUT2D eigenvalue weighted by atomic mass is 9.96. The van der Waals surface area contributed by atoms with E-state index < -0.39 is 0 Å². The van der Waals surface area contributed by atoms with Crippen LogP contribution in [0.3, 0.4) is 0 Å². The van der Waals surface area contributed by atoms with Gasteiger partial charge in [-0.2, -0.15) is 0 Å². The Morgan fingerprint density at radius 2 is 2.18 bits per heavy atom. The van der Waals surface area contributed by atoms with E-state index in [9.17, 15) is 4.79 Å². The molecular weight excluding hydrogens is 216 g/mol. The van der Waals surface area contributed by atoms with Gasteiger partial charge in [-0.3, -0.25) is 4.79 Å². The molecule has 4 heteroatoms. The smallest absolute Gasteiger partial charge is 0.226 e. The van der Waals surface area contributed by atoms with Gasteiger partial charge in [-0.15, -0.1) is 0 Å². The first-order valence-corrected chi connectivity index (χ1v) is 6.68. The van der Waals surface area contributed by atoms with Crippen LogP contribution in [0.1, 0.15) is 32.6 Å². The van der Waals surface area contributed by atoms with Crippen molar-refractivity contribution in [3.8, 4) is 0 Å². The van der Waals surface area contributed by atoms with Gasteiger partial charge in [0.2, 0.25) is 5.91 Å². The zero-order valence-corrected chi connectivity index (χ0v) is 11.2. The molecule has 0 aromatic rings. The fraction of sp³-hybridized carbons (Fsp3) is 0.923. The van der Waals surface area contributed by atoms with E-state index >= 15 is 0 Å². The molecule has 1 saturated carbocycles. The number of methoxy groups -OCH3 is 1. The Hall–Kier alpha value is -0.610. The SMILES string of the molecule is COCCN(CCCN)C(=O)C1CCCC1C. The van der Waals surface area contributed by atoms with Gasteiger partial charge < -0.3 is 15.4 Å². The van der Waals surface area contributed by atoms with Crippen molar-refractivity contribution in [3.63, 3.8) is 0 Å². The molecule has 0 bridgehead atoms. The molecule has 0 aromatic carbocycles. The number of nitrogens with zero attached hydrogens (tertiary/aromatic N) is 1. The zero-order chi connectivity index (χ0) is 12.7. The van der Waals surface area contributed by atoms with Gasteiger partial charge in [0.1, 0.15) is 0 Å². The van der Waals surface area contributed by atoms with E-state index in [1.807, 2.05) is 4.90 Å². The zero-order valence-electron chi connectivity index (χ0n) is 11.2. The summed E-state index contributed by atoms with van der Waals surface area (Å²) in [4.78, 5) is 14.3. The lowest BCUT2D eigenvalue weighted by Crippen LogP contribution is -2.40. The highest BCUT2D eigenvalue weighted by molar-refractivity contribution is 5.79. The van der Waals surface area contributed by atoms with Crippen molar-refractivity contribution in [2.24, 2.45) is 17.6 Å². The van der Waals surface area contributed by atoms with E-state index in [2.05, 4.69) is 6.92 Å². The third kappa shape index (κ3) is 4.28. The fourth-order valence-corrected chi connectivity index (χ4v) is 2.56. The van der Waals surface area contributed by atoms with Crippen molar-refractivity contribution in [3.05, 3.63) is 0 Å². The van der Waals surface area contributed by atoms with Crippen LogP contribution in [0.4, 0.5) is 0 Å². The third-order valence-electron chi connectivity index (χ3n) is 3.69. The van der Waals surface area contributed by atoms with Crippen molar-refractivity contribution in [1.29, 1.82) is 0 Å². The largest absolute Gasteiger partial charge is 0.383 e. The number of carbonyl (C=O) groups is 1. The topological polar surface area (TPSA) is 55.6 Å². The van der Waals surface area contributed by atoms with Crippen LogP contribution in [0.5, 0.6) is 0 Å². The molecule has 0 spiro atoms. The van der Waals surface area contributed by atoms with Crippen LogP contribution in [0.25, 0.3) is 0 Å². The number of nitrogens with two attached hydrogens (primary N) is 1. The minimum Gasteiger partial charge on any atom is -0.383 e. The summed E-state index contributed by atoms with van der Waals surface area (Å²) in [5, 5.41) is 0. The molecule has 2 unspecified atom stereocenters. The predicted octanol–water partition coefficient (Wildman–Crippen LogP) is 1.25. The molecule has 0 saturated heterocycles. The Morgan fingerprint density at radius 1 is 1.41 bits per heavy atom. The Kier molecular flexibility index (Phi) is 6.52. The fourth-order valence-electron chi connectivity index (χ4n) is 2.56. The molecule has 1 aliphatic carbocycles. The van der Waals surface area contributed by atoms with Crippen LogP contribution in [0.2, 0.25) is 0 Å².